The van der Waals surface area contributed by atoms with E-state index in [4.69, 9.17) is 10.5 Å². The SMILES string of the molecule is COc1ccc2c(c1)c(C(C)(C)N)cn2C(C)C. The van der Waals surface area contributed by atoms with Crippen molar-refractivity contribution in [3.8, 4) is 5.75 Å². The molecule has 0 unspecified atom stereocenters. The van der Waals surface area contributed by atoms with Gasteiger partial charge in [0.05, 0.1) is 7.11 Å². The second kappa shape index (κ2) is 4.32. The maximum atomic E-state index is 6.27. The summed E-state index contributed by atoms with van der Waals surface area (Å²) in [4.78, 5) is 0. The number of aromatic nitrogens is 1. The Hall–Kier alpha value is -1.48. The molecule has 0 bridgehead atoms. The molecule has 0 radical (unpaired) electrons. The van der Waals surface area contributed by atoms with Crippen molar-refractivity contribution in [2.45, 2.75) is 39.3 Å². The van der Waals surface area contributed by atoms with E-state index in [-0.39, 0.29) is 5.54 Å². The fourth-order valence-corrected chi connectivity index (χ4v) is 2.30. The van der Waals surface area contributed by atoms with Gasteiger partial charge in [0.15, 0.2) is 0 Å². The molecule has 1 heterocycles. The molecule has 2 rings (SSSR count). The molecular formula is C15H22N2O. The number of nitrogens with zero attached hydrogens (tertiary/aromatic N) is 1. The van der Waals surface area contributed by atoms with Crippen LogP contribution in [0.4, 0.5) is 0 Å². The van der Waals surface area contributed by atoms with E-state index in [9.17, 15) is 0 Å². The average molecular weight is 246 g/mol. The Balaban J connectivity index is 2.77. The summed E-state index contributed by atoms with van der Waals surface area (Å²) in [5.41, 5.74) is 8.28. The number of fused-ring (bicyclic) bond motifs is 1. The number of hydrogen-bond donors (Lipinski definition) is 1. The predicted molar refractivity (Wildman–Crippen MR) is 76.1 cm³/mol. The molecule has 3 nitrogen and oxygen atoms in total. The Morgan fingerprint density at radius 2 is 1.94 bits per heavy atom. The lowest BCUT2D eigenvalue weighted by Crippen LogP contribution is -2.28. The maximum absolute atomic E-state index is 6.27. The van der Waals surface area contributed by atoms with E-state index >= 15 is 0 Å². The summed E-state index contributed by atoms with van der Waals surface area (Å²) in [5.74, 6) is 0.870. The molecule has 0 aliphatic heterocycles. The van der Waals surface area contributed by atoms with Gasteiger partial charge in [0.1, 0.15) is 5.75 Å². The van der Waals surface area contributed by atoms with Crippen LogP contribution in [-0.4, -0.2) is 11.7 Å². The summed E-state index contributed by atoms with van der Waals surface area (Å²) in [6, 6.07) is 6.58. The molecule has 0 aliphatic rings. The minimum Gasteiger partial charge on any atom is -0.497 e. The summed E-state index contributed by atoms with van der Waals surface area (Å²) in [6.45, 7) is 8.42. The number of hydrogen-bond acceptors (Lipinski definition) is 2. The van der Waals surface area contributed by atoms with Crippen LogP contribution in [0.2, 0.25) is 0 Å². The number of rotatable bonds is 3. The van der Waals surface area contributed by atoms with Gasteiger partial charge < -0.3 is 15.0 Å². The minimum absolute atomic E-state index is 0.356. The second-order valence-electron chi connectivity index (χ2n) is 5.65. The predicted octanol–water partition coefficient (Wildman–Crippen LogP) is 3.42. The third kappa shape index (κ3) is 2.10. The van der Waals surface area contributed by atoms with Gasteiger partial charge in [-0.3, -0.25) is 0 Å². The van der Waals surface area contributed by atoms with Gasteiger partial charge in [-0.2, -0.15) is 0 Å². The van der Waals surface area contributed by atoms with Crippen LogP contribution in [0.1, 0.15) is 39.3 Å². The molecule has 1 aromatic carbocycles. The molecule has 0 aliphatic carbocycles. The fourth-order valence-electron chi connectivity index (χ4n) is 2.30. The van der Waals surface area contributed by atoms with Gasteiger partial charge in [-0.25, -0.2) is 0 Å². The van der Waals surface area contributed by atoms with E-state index in [1.165, 1.54) is 10.9 Å². The van der Waals surface area contributed by atoms with Crippen LogP contribution < -0.4 is 10.5 Å². The Labute approximate surface area is 109 Å². The van der Waals surface area contributed by atoms with Crippen LogP contribution in [0.5, 0.6) is 5.75 Å². The molecule has 2 aromatic rings. The molecule has 0 fully saturated rings. The van der Waals surface area contributed by atoms with Crippen LogP contribution in [0.3, 0.4) is 0 Å². The lowest BCUT2D eigenvalue weighted by molar-refractivity contribution is 0.415. The first-order valence-corrected chi connectivity index (χ1v) is 6.32. The molecule has 0 saturated heterocycles. The lowest BCUT2D eigenvalue weighted by Gasteiger charge is -2.18. The summed E-state index contributed by atoms with van der Waals surface area (Å²) < 4.78 is 7.57. The first-order valence-electron chi connectivity index (χ1n) is 6.32. The Bertz CT molecular complexity index is 562. The molecule has 0 atom stereocenters. The third-order valence-corrected chi connectivity index (χ3v) is 3.29. The number of benzene rings is 1. The quantitative estimate of drug-likeness (QED) is 0.901. The van der Waals surface area contributed by atoms with E-state index in [1.807, 2.05) is 19.9 Å². The zero-order valence-electron chi connectivity index (χ0n) is 11.8. The largest absolute Gasteiger partial charge is 0.497 e. The van der Waals surface area contributed by atoms with Crippen LogP contribution >= 0.6 is 0 Å². The molecule has 18 heavy (non-hydrogen) atoms. The molecule has 2 N–H and O–H groups in total. The summed E-state index contributed by atoms with van der Waals surface area (Å²) in [5, 5.41) is 1.18. The van der Waals surface area contributed by atoms with E-state index < -0.39 is 0 Å². The number of ether oxygens (including phenoxy) is 1. The van der Waals surface area contributed by atoms with Crippen molar-refractivity contribution in [1.29, 1.82) is 0 Å². The van der Waals surface area contributed by atoms with Gasteiger partial charge >= 0.3 is 0 Å². The van der Waals surface area contributed by atoms with Crippen molar-refractivity contribution in [2.75, 3.05) is 7.11 Å². The lowest BCUT2D eigenvalue weighted by atomic mass is 9.95. The topological polar surface area (TPSA) is 40.2 Å². The number of nitrogens with two attached hydrogens (primary N) is 1. The van der Waals surface area contributed by atoms with Crippen molar-refractivity contribution in [3.63, 3.8) is 0 Å². The van der Waals surface area contributed by atoms with E-state index in [0.717, 1.165) is 11.3 Å². The Morgan fingerprint density at radius 3 is 2.44 bits per heavy atom. The second-order valence-corrected chi connectivity index (χ2v) is 5.65. The van der Waals surface area contributed by atoms with Crippen LogP contribution in [0, 0.1) is 0 Å². The van der Waals surface area contributed by atoms with Gasteiger partial charge in [0.2, 0.25) is 0 Å². The van der Waals surface area contributed by atoms with Gasteiger partial charge in [0.25, 0.3) is 0 Å². The molecule has 0 saturated carbocycles. The third-order valence-electron chi connectivity index (χ3n) is 3.29. The summed E-state index contributed by atoms with van der Waals surface area (Å²) >= 11 is 0. The highest BCUT2D eigenvalue weighted by atomic mass is 16.5. The van der Waals surface area contributed by atoms with Crippen LogP contribution in [-0.2, 0) is 5.54 Å². The van der Waals surface area contributed by atoms with Crippen molar-refractivity contribution >= 4 is 10.9 Å². The van der Waals surface area contributed by atoms with Crippen molar-refractivity contribution in [2.24, 2.45) is 5.73 Å². The van der Waals surface area contributed by atoms with Gasteiger partial charge in [-0.15, -0.1) is 0 Å². The van der Waals surface area contributed by atoms with Crippen LogP contribution in [0.15, 0.2) is 24.4 Å². The summed E-state index contributed by atoms with van der Waals surface area (Å²) in [6.07, 6.45) is 2.16. The Morgan fingerprint density at radius 1 is 1.28 bits per heavy atom. The van der Waals surface area contributed by atoms with E-state index in [2.05, 4.69) is 36.7 Å². The first-order chi connectivity index (χ1) is 8.34. The zero-order chi connectivity index (χ0) is 13.5. The Kier molecular flexibility index (Phi) is 3.11. The summed E-state index contributed by atoms with van der Waals surface area (Å²) in [7, 11) is 1.69. The van der Waals surface area contributed by atoms with Gasteiger partial charge in [-0.1, -0.05) is 0 Å². The highest BCUT2D eigenvalue weighted by molar-refractivity contribution is 5.86. The molecular weight excluding hydrogens is 224 g/mol. The maximum Gasteiger partial charge on any atom is 0.119 e. The minimum atomic E-state index is -0.356. The average Bonchev–Trinajstić information content (AvgIpc) is 2.66. The monoisotopic (exact) mass is 246 g/mol. The van der Waals surface area contributed by atoms with E-state index in [1.54, 1.807) is 7.11 Å². The highest BCUT2D eigenvalue weighted by Crippen LogP contribution is 2.33. The molecule has 0 spiro atoms. The van der Waals surface area contributed by atoms with Gasteiger partial charge in [0, 0.05) is 28.7 Å². The van der Waals surface area contributed by atoms with Crippen LogP contribution in [0.25, 0.3) is 10.9 Å². The first kappa shape index (κ1) is 13.0. The highest BCUT2D eigenvalue weighted by Gasteiger charge is 2.21. The van der Waals surface area contributed by atoms with Crippen molar-refractivity contribution in [3.05, 3.63) is 30.0 Å². The van der Waals surface area contributed by atoms with Crippen molar-refractivity contribution in [1.82, 2.24) is 4.57 Å². The normalized spacial score (nSPS) is 12.4. The van der Waals surface area contributed by atoms with Gasteiger partial charge in [-0.05, 0) is 51.5 Å². The standard InChI is InChI=1S/C15H22N2O/c1-10(2)17-9-13(15(3,4)16)12-8-11(18-5)6-7-14(12)17/h6-10H,16H2,1-5H3. The molecule has 98 valence electrons. The molecule has 0 amide bonds. The molecule has 3 heteroatoms. The number of methoxy groups -OCH3 is 1. The zero-order valence-corrected chi connectivity index (χ0v) is 11.8. The smallest absolute Gasteiger partial charge is 0.119 e. The molecule has 1 aromatic heterocycles. The van der Waals surface area contributed by atoms with Crippen molar-refractivity contribution < 1.29 is 4.74 Å². The fraction of sp³-hybridized carbons (Fsp3) is 0.467. The van der Waals surface area contributed by atoms with E-state index in [0.29, 0.717) is 6.04 Å².